The van der Waals surface area contributed by atoms with E-state index in [4.69, 9.17) is 21.8 Å². The molecule has 1 aromatic heterocycles. The van der Waals surface area contributed by atoms with E-state index >= 15 is 0 Å². The summed E-state index contributed by atoms with van der Waals surface area (Å²) in [6.45, 7) is 3.80. The van der Waals surface area contributed by atoms with Gasteiger partial charge in [0.15, 0.2) is 5.11 Å². The van der Waals surface area contributed by atoms with Crippen LogP contribution < -0.4 is 15.4 Å². The van der Waals surface area contributed by atoms with Crippen molar-refractivity contribution in [3.8, 4) is 11.3 Å². The smallest absolute Gasteiger partial charge is 0.270 e. The predicted octanol–water partition coefficient (Wildman–Crippen LogP) is 3.04. The minimum Gasteiger partial charge on any atom is -0.457 e. The molecule has 10 heteroatoms. The van der Waals surface area contributed by atoms with Gasteiger partial charge in [-0.05, 0) is 80.2 Å². The van der Waals surface area contributed by atoms with E-state index in [0.29, 0.717) is 17.0 Å². The third-order valence-electron chi connectivity index (χ3n) is 5.08. The van der Waals surface area contributed by atoms with E-state index < -0.39 is 21.8 Å². The number of rotatable bonds is 4. The van der Waals surface area contributed by atoms with Crippen LogP contribution in [0.3, 0.4) is 0 Å². The number of carbonyl (C=O) groups excluding carboxylic acids is 2. The van der Waals surface area contributed by atoms with Crippen molar-refractivity contribution in [1.29, 1.82) is 0 Å². The van der Waals surface area contributed by atoms with Crippen LogP contribution in [0.2, 0.25) is 0 Å². The molecule has 3 N–H and O–H groups in total. The second kappa shape index (κ2) is 8.39. The number of primary sulfonamides is 1. The van der Waals surface area contributed by atoms with Gasteiger partial charge < -0.3 is 4.42 Å². The first-order valence-electron chi connectivity index (χ1n) is 9.76. The molecule has 0 aliphatic carbocycles. The molecule has 4 rings (SSSR count). The van der Waals surface area contributed by atoms with Crippen LogP contribution in [0.25, 0.3) is 17.4 Å². The molecule has 2 heterocycles. The molecule has 33 heavy (non-hydrogen) atoms. The Bertz CT molecular complexity index is 1440. The third kappa shape index (κ3) is 4.49. The monoisotopic (exact) mass is 481 g/mol. The van der Waals surface area contributed by atoms with Crippen molar-refractivity contribution in [2.24, 2.45) is 5.14 Å². The van der Waals surface area contributed by atoms with E-state index in [1.807, 2.05) is 26.0 Å². The summed E-state index contributed by atoms with van der Waals surface area (Å²) >= 11 is 5.25. The van der Waals surface area contributed by atoms with E-state index in [9.17, 15) is 18.0 Å². The molecule has 0 bridgehead atoms. The number of benzene rings is 2. The first kappa shape index (κ1) is 22.6. The van der Waals surface area contributed by atoms with Gasteiger partial charge in [-0.3, -0.25) is 19.8 Å². The molecular formula is C23H19N3O5S2. The molecule has 2 amide bonds. The summed E-state index contributed by atoms with van der Waals surface area (Å²) in [5.74, 6) is -0.492. The van der Waals surface area contributed by atoms with Crippen molar-refractivity contribution in [3.05, 3.63) is 77.1 Å². The molecule has 8 nitrogen and oxygen atoms in total. The highest BCUT2D eigenvalue weighted by atomic mass is 32.2. The van der Waals surface area contributed by atoms with Crippen LogP contribution in [0.4, 0.5) is 5.69 Å². The van der Waals surface area contributed by atoms with Crippen LogP contribution >= 0.6 is 12.2 Å². The standard InChI is InChI=1S/C23H19N3O5S2/c1-13-3-9-19(14(2)11-13)26-22(28)18(21(27)25-23(26)32)12-16-6-10-20(31-16)15-4-7-17(8-5-15)33(24,29)30/h3-12H,1-2H3,(H2,24,29,30)(H,25,27,32)/b18-12-. The zero-order valence-corrected chi connectivity index (χ0v) is 19.3. The number of amides is 2. The third-order valence-corrected chi connectivity index (χ3v) is 6.29. The van der Waals surface area contributed by atoms with Gasteiger partial charge in [0, 0.05) is 5.56 Å². The Balaban J connectivity index is 1.66. The number of hydrogen-bond donors (Lipinski definition) is 2. The molecular weight excluding hydrogens is 462 g/mol. The summed E-state index contributed by atoms with van der Waals surface area (Å²) in [7, 11) is -3.80. The summed E-state index contributed by atoms with van der Waals surface area (Å²) < 4.78 is 28.6. The molecule has 0 atom stereocenters. The van der Waals surface area contributed by atoms with Gasteiger partial charge in [0.05, 0.1) is 10.6 Å². The lowest BCUT2D eigenvalue weighted by Crippen LogP contribution is -2.54. The van der Waals surface area contributed by atoms with Crippen LogP contribution in [0.15, 0.2) is 69.5 Å². The maximum Gasteiger partial charge on any atom is 0.270 e. The Kier molecular flexibility index (Phi) is 5.75. The Hall–Kier alpha value is -3.60. The highest BCUT2D eigenvalue weighted by molar-refractivity contribution is 7.89. The van der Waals surface area contributed by atoms with Gasteiger partial charge in [-0.1, -0.05) is 17.7 Å². The molecule has 1 aliphatic heterocycles. The lowest BCUT2D eigenvalue weighted by Gasteiger charge is -2.30. The van der Waals surface area contributed by atoms with Crippen LogP contribution in [0.5, 0.6) is 0 Å². The van der Waals surface area contributed by atoms with Gasteiger partial charge in [0.1, 0.15) is 17.1 Å². The average molecular weight is 482 g/mol. The number of hydrogen-bond acceptors (Lipinski definition) is 6. The van der Waals surface area contributed by atoms with Gasteiger partial charge in [0.25, 0.3) is 11.8 Å². The second-order valence-corrected chi connectivity index (χ2v) is 9.47. The first-order valence-corrected chi connectivity index (χ1v) is 11.7. The summed E-state index contributed by atoms with van der Waals surface area (Å²) in [6, 6.07) is 14.6. The van der Waals surface area contributed by atoms with Crippen LogP contribution in [-0.2, 0) is 19.6 Å². The average Bonchev–Trinajstić information content (AvgIpc) is 3.21. The number of carbonyl (C=O) groups is 2. The van der Waals surface area contributed by atoms with Crippen LogP contribution in [-0.4, -0.2) is 25.3 Å². The van der Waals surface area contributed by atoms with Crippen molar-refractivity contribution < 1.29 is 22.4 Å². The summed E-state index contributed by atoms with van der Waals surface area (Å²) in [6.07, 6.45) is 1.35. The minimum absolute atomic E-state index is 0.00387. The zero-order valence-electron chi connectivity index (χ0n) is 17.7. The summed E-state index contributed by atoms with van der Waals surface area (Å²) in [4.78, 5) is 27.0. The summed E-state index contributed by atoms with van der Waals surface area (Å²) in [5, 5.41) is 7.67. The van der Waals surface area contributed by atoms with Gasteiger partial charge in [-0.2, -0.15) is 0 Å². The zero-order chi connectivity index (χ0) is 23.9. The van der Waals surface area contributed by atoms with E-state index in [1.165, 1.54) is 23.1 Å². The van der Waals surface area contributed by atoms with Gasteiger partial charge in [-0.15, -0.1) is 0 Å². The molecule has 3 aromatic rings. The number of anilines is 1. The number of furan rings is 1. The number of nitrogens with two attached hydrogens (primary N) is 1. The maximum atomic E-state index is 13.2. The topological polar surface area (TPSA) is 123 Å². The number of nitrogens with zero attached hydrogens (tertiary/aromatic N) is 1. The normalized spacial score (nSPS) is 15.8. The summed E-state index contributed by atoms with van der Waals surface area (Å²) in [5.41, 5.74) is 2.92. The van der Waals surface area contributed by atoms with E-state index in [1.54, 1.807) is 30.3 Å². The molecule has 0 radical (unpaired) electrons. The fraction of sp³-hybridized carbons (Fsp3) is 0.0870. The Labute approximate surface area is 195 Å². The fourth-order valence-electron chi connectivity index (χ4n) is 3.47. The van der Waals surface area contributed by atoms with Crippen LogP contribution in [0.1, 0.15) is 16.9 Å². The van der Waals surface area contributed by atoms with Crippen LogP contribution in [0, 0.1) is 13.8 Å². The Morgan fingerprint density at radius 1 is 1.03 bits per heavy atom. The van der Waals surface area contributed by atoms with Crippen molar-refractivity contribution in [1.82, 2.24) is 5.32 Å². The van der Waals surface area contributed by atoms with Crippen molar-refractivity contribution in [2.75, 3.05) is 4.90 Å². The molecule has 1 saturated heterocycles. The molecule has 0 unspecified atom stereocenters. The molecule has 1 fully saturated rings. The number of aryl methyl sites for hydroxylation is 2. The van der Waals surface area contributed by atoms with E-state index in [-0.39, 0.29) is 21.3 Å². The van der Waals surface area contributed by atoms with Gasteiger partial charge in [-0.25, -0.2) is 13.6 Å². The number of thiocarbonyl (C=S) groups is 1. The van der Waals surface area contributed by atoms with E-state index in [0.717, 1.165) is 11.1 Å². The molecule has 168 valence electrons. The fourth-order valence-corrected chi connectivity index (χ4v) is 4.26. The molecule has 0 spiro atoms. The highest BCUT2D eigenvalue weighted by Gasteiger charge is 2.35. The lowest BCUT2D eigenvalue weighted by molar-refractivity contribution is -0.122. The number of nitrogens with one attached hydrogen (secondary N) is 1. The Morgan fingerprint density at radius 2 is 1.73 bits per heavy atom. The van der Waals surface area contributed by atoms with Crippen molar-refractivity contribution in [2.45, 2.75) is 18.7 Å². The van der Waals surface area contributed by atoms with Gasteiger partial charge in [0.2, 0.25) is 10.0 Å². The van der Waals surface area contributed by atoms with E-state index in [2.05, 4.69) is 5.32 Å². The minimum atomic E-state index is -3.80. The maximum absolute atomic E-state index is 13.2. The highest BCUT2D eigenvalue weighted by Crippen LogP contribution is 2.28. The SMILES string of the molecule is Cc1ccc(N2C(=O)/C(=C\c3ccc(-c4ccc(S(N)(=O)=O)cc4)o3)C(=O)NC2=S)c(C)c1. The van der Waals surface area contributed by atoms with Crippen molar-refractivity contribution >= 4 is 50.9 Å². The van der Waals surface area contributed by atoms with Crippen molar-refractivity contribution in [3.63, 3.8) is 0 Å². The second-order valence-electron chi connectivity index (χ2n) is 7.52. The number of sulfonamides is 1. The molecule has 1 aliphatic rings. The van der Waals surface area contributed by atoms with Gasteiger partial charge >= 0.3 is 0 Å². The first-order chi connectivity index (χ1) is 15.5. The predicted molar refractivity (Wildman–Crippen MR) is 128 cm³/mol. The molecule has 2 aromatic carbocycles. The Morgan fingerprint density at radius 3 is 2.36 bits per heavy atom. The largest absolute Gasteiger partial charge is 0.457 e. The quantitative estimate of drug-likeness (QED) is 0.335. The lowest BCUT2D eigenvalue weighted by atomic mass is 10.1. The molecule has 0 saturated carbocycles.